The molecule has 0 bridgehead atoms. The van der Waals surface area contributed by atoms with Crippen LogP contribution >= 0.6 is 23.5 Å². The van der Waals surface area contributed by atoms with Crippen LogP contribution in [-0.4, -0.2) is 58.9 Å². The molecule has 2 aliphatic heterocycles. The van der Waals surface area contributed by atoms with Gasteiger partial charge in [-0.1, -0.05) is 6.92 Å². The summed E-state index contributed by atoms with van der Waals surface area (Å²) in [5, 5.41) is 10.3. The van der Waals surface area contributed by atoms with Gasteiger partial charge in [0.2, 0.25) is 11.9 Å². The Morgan fingerprint density at radius 1 is 1.35 bits per heavy atom. The molecule has 4 atom stereocenters. The van der Waals surface area contributed by atoms with E-state index in [-0.39, 0.29) is 10.2 Å². The number of hydrogen-bond donors (Lipinski definition) is 1. The number of ether oxygens (including phenoxy) is 3. The van der Waals surface area contributed by atoms with Gasteiger partial charge in [0, 0.05) is 31.0 Å². The predicted molar refractivity (Wildman–Crippen MR) is 79.7 cm³/mol. The highest BCUT2D eigenvalue weighted by Crippen LogP contribution is 2.58. The zero-order valence-corrected chi connectivity index (χ0v) is 13.9. The molecule has 2 saturated heterocycles. The summed E-state index contributed by atoms with van der Waals surface area (Å²) in [6.45, 7) is 4.11. The van der Waals surface area contributed by atoms with Crippen molar-refractivity contribution in [3.05, 3.63) is 0 Å². The molecule has 0 aromatic heterocycles. The van der Waals surface area contributed by atoms with Crippen LogP contribution < -0.4 is 0 Å². The van der Waals surface area contributed by atoms with Crippen molar-refractivity contribution in [2.75, 3.05) is 25.7 Å². The monoisotopic (exact) mass is 322 g/mol. The van der Waals surface area contributed by atoms with E-state index in [9.17, 15) is 9.90 Å². The van der Waals surface area contributed by atoms with Crippen molar-refractivity contribution in [3.63, 3.8) is 0 Å². The second kappa shape index (κ2) is 6.04. The van der Waals surface area contributed by atoms with Crippen LogP contribution in [0.2, 0.25) is 0 Å². The molecule has 0 aromatic carbocycles. The van der Waals surface area contributed by atoms with Gasteiger partial charge in [-0.05, 0) is 6.92 Å². The van der Waals surface area contributed by atoms with Gasteiger partial charge in [-0.15, -0.1) is 23.5 Å². The van der Waals surface area contributed by atoms with Gasteiger partial charge in [0.25, 0.3) is 0 Å². The van der Waals surface area contributed by atoms with Crippen molar-refractivity contribution < 1.29 is 24.1 Å². The first-order chi connectivity index (χ1) is 9.41. The molecule has 0 unspecified atom stereocenters. The summed E-state index contributed by atoms with van der Waals surface area (Å²) in [6.07, 6.45) is -1.08. The third kappa shape index (κ3) is 2.59. The van der Waals surface area contributed by atoms with Gasteiger partial charge in [-0.25, -0.2) is 4.79 Å². The molecule has 0 saturated carbocycles. The molecule has 2 heterocycles. The smallest absolute Gasteiger partial charge is 0.340 e. The standard InChI is InChI=1S/C13H22O5S2/c1-8-9(2)18-12(17-4,10(14)11(15)16-3)7-13(8)19-5-6-20-13/h8-10,14H,5-7H2,1-4H3/t8-,9+,10+,12+/m0/s1. The maximum absolute atomic E-state index is 11.7. The largest absolute Gasteiger partial charge is 0.467 e. The number of methoxy groups -OCH3 is 2. The first-order valence-electron chi connectivity index (χ1n) is 6.67. The number of carbonyl (C=O) groups excluding carboxylic acids is 1. The van der Waals surface area contributed by atoms with Crippen molar-refractivity contribution in [2.45, 2.75) is 42.3 Å². The van der Waals surface area contributed by atoms with Gasteiger partial charge < -0.3 is 19.3 Å². The molecule has 116 valence electrons. The maximum atomic E-state index is 11.7. The van der Waals surface area contributed by atoms with E-state index in [4.69, 9.17) is 9.47 Å². The summed E-state index contributed by atoms with van der Waals surface area (Å²) in [4.78, 5) is 11.7. The lowest BCUT2D eigenvalue weighted by atomic mass is 9.88. The Hall–Kier alpha value is 0.0500. The molecule has 0 aromatic rings. The quantitative estimate of drug-likeness (QED) is 0.790. The summed E-state index contributed by atoms with van der Waals surface area (Å²) in [7, 11) is 2.71. The number of aliphatic hydroxyl groups is 1. The molecule has 2 aliphatic rings. The Labute approximate surface area is 128 Å². The van der Waals surface area contributed by atoms with Crippen LogP contribution in [0, 0.1) is 5.92 Å². The average Bonchev–Trinajstić information content (AvgIpc) is 2.91. The van der Waals surface area contributed by atoms with Crippen molar-refractivity contribution in [2.24, 2.45) is 5.92 Å². The Morgan fingerprint density at radius 2 is 1.95 bits per heavy atom. The van der Waals surface area contributed by atoms with Gasteiger partial charge in [0.1, 0.15) is 0 Å². The second-order valence-electron chi connectivity index (χ2n) is 5.24. The topological polar surface area (TPSA) is 65.0 Å². The molecule has 0 aliphatic carbocycles. The maximum Gasteiger partial charge on any atom is 0.340 e. The summed E-state index contributed by atoms with van der Waals surface area (Å²) in [5.74, 6) is 0.388. The van der Waals surface area contributed by atoms with Crippen LogP contribution in [-0.2, 0) is 19.0 Å². The van der Waals surface area contributed by atoms with E-state index >= 15 is 0 Å². The highest BCUT2D eigenvalue weighted by Gasteiger charge is 2.59. The molecule has 0 amide bonds. The van der Waals surface area contributed by atoms with Gasteiger partial charge in [0.15, 0.2) is 0 Å². The zero-order valence-electron chi connectivity index (χ0n) is 12.3. The highest BCUT2D eigenvalue weighted by molar-refractivity contribution is 8.21. The van der Waals surface area contributed by atoms with E-state index in [2.05, 4.69) is 11.7 Å². The van der Waals surface area contributed by atoms with Gasteiger partial charge >= 0.3 is 5.97 Å². The zero-order chi connectivity index (χ0) is 15.0. The number of hydrogen-bond acceptors (Lipinski definition) is 7. The molecule has 0 radical (unpaired) electrons. The van der Waals surface area contributed by atoms with Gasteiger partial charge in [-0.2, -0.15) is 0 Å². The molecule has 1 N–H and O–H groups in total. The molecule has 1 spiro atoms. The summed E-state index contributed by atoms with van der Waals surface area (Å²) in [6, 6.07) is 0. The Bertz CT molecular complexity index is 372. The lowest BCUT2D eigenvalue weighted by Crippen LogP contribution is -2.61. The fraction of sp³-hybridized carbons (Fsp3) is 0.923. The van der Waals surface area contributed by atoms with Crippen LogP contribution in [0.25, 0.3) is 0 Å². The van der Waals surface area contributed by atoms with E-state index in [0.717, 1.165) is 11.5 Å². The number of esters is 1. The van der Waals surface area contributed by atoms with E-state index in [1.807, 2.05) is 30.4 Å². The van der Waals surface area contributed by atoms with Crippen LogP contribution in [0.1, 0.15) is 20.3 Å². The van der Waals surface area contributed by atoms with Crippen LogP contribution in [0.4, 0.5) is 0 Å². The van der Waals surface area contributed by atoms with Crippen molar-refractivity contribution in [3.8, 4) is 0 Å². The van der Waals surface area contributed by atoms with E-state index in [1.165, 1.54) is 14.2 Å². The van der Waals surface area contributed by atoms with E-state index < -0.39 is 17.9 Å². The van der Waals surface area contributed by atoms with Crippen molar-refractivity contribution in [1.29, 1.82) is 0 Å². The molecule has 5 nitrogen and oxygen atoms in total. The van der Waals surface area contributed by atoms with Crippen LogP contribution in [0.5, 0.6) is 0 Å². The Morgan fingerprint density at radius 3 is 2.45 bits per heavy atom. The number of rotatable bonds is 3. The van der Waals surface area contributed by atoms with E-state index in [0.29, 0.717) is 12.3 Å². The molecule has 2 rings (SSSR count). The Balaban J connectivity index is 2.31. The lowest BCUT2D eigenvalue weighted by molar-refractivity contribution is -0.312. The molecule has 2 fully saturated rings. The number of carbonyl (C=O) groups is 1. The SMILES string of the molecule is COC(=O)[C@@H](O)[C@@]1(OC)CC2(SCCS2)[C@@H](C)[C@@H](C)O1. The first kappa shape index (κ1) is 16.4. The normalized spacial score (nSPS) is 37.9. The van der Waals surface area contributed by atoms with Crippen molar-refractivity contribution in [1.82, 2.24) is 0 Å². The average molecular weight is 322 g/mol. The fourth-order valence-electron chi connectivity index (χ4n) is 2.84. The second-order valence-corrected chi connectivity index (χ2v) is 8.35. The minimum absolute atomic E-state index is 0.0807. The number of thioether (sulfide) groups is 2. The molecular weight excluding hydrogens is 300 g/mol. The Kier molecular flexibility index (Phi) is 4.96. The van der Waals surface area contributed by atoms with E-state index in [1.54, 1.807) is 0 Å². The summed E-state index contributed by atoms with van der Waals surface area (Å²) >= 11 is 3.74. The number of aliphatic hydroxyl groups excluding tert-OH is 1. The summed E-state index contributed by atoms with van der Waals surface area (Å²) < 4.78 is 15.9. The highest BCUT2D eigenvalue weighted by atomic mass is 32.2. The molecular formula is C13H22O5S2. The first-order valence-corrected chi connectivity index (χ1v) is 8.64. The lowest BCUT2D eigenvalue weighted by Gasteiger charge is -2.51. The van der Waals surface area contributed by atoms with Gasteiger partial charge in [0.05, 0.1) is 17.3 Å². The minimum Gasteiger partial charge on any atom is -0.467 e. The fourth-order valence-corrected chi connectivity index (χ4v) is 6.55. The predicted octanol–water partition coefficient (Wildman–Crippen LogP) is 1.48. The van der Waals surface area contributed by atoms with Crippen LogP contribution in [0.15, 0.2) is 0 Å². The molecule has 20 heavy (non-hydrogen) atoms. The third-order valence-electron chi connectivity index (χ3n) is 4.24. The minimum atomic E-state index is -1.44. The summed E-state index contributed by atoms with van der Waals surface area (Å²) in [5.41, 5.74) is 0. The molecule has 7 heteroatoms. The van der Waals surface area contributed by atoms with Crippen LogP contribution in [0.3, 0.4) is 0 Å². The van der Waals surface area contributed by atoms with Crippen molar-refractivity contribution >= 4 is 29.5 Å². The van der Waals surface area contributed by atoms with Gasteiger partial charge in [-0.3, -0.25) is 0 Å². The third-order valence-corrected chi connectivity index (χ3v) is 8.03.